The van der Waals surface area contributed by atoms with Gasteiger partial charge in [-0.1, -0.05) is 69.4 Å². The van der Waals surface area contributed by atoms with Gasteiger partial charge in [-0.25, -0.2) is 0 Å². The van der Waals surface area contributed by atoms with Crippen LogP contribution in [0.5, 0.6) is 0 Å². The Bertz CT molecular complexity index is 206. The summed E-state index contributed by atoms with van der Waals surface area (Å²) >= 11 is 0. The zero-order valence-electron chi connectivity index (χ0n) is 12.0. The first-order valence-electron chi connectivity index (χ1n) is 7.51. The van der Waals surface area contributed by atoms with E-state index in [1.54, 1.807) is 0 Å². The maximum Gasteiger partial charge on any atom is 0.0137 e. The smallest absolute Gasteiger partial charge is 0.0137 e. The maximum atomic E-state index is 3.74. The van der Waals surface area contributed by atoms with Crippen molar-refractivity contribution in [2.45, 2.75) is 57.8 Å². The summed E-state index contributed by atoms with van der Waals surface area (Å²) in [7, 11) is 0. The minimum atomic E-state index is 0.968. The number of nitrogens with one attached hydrogen (secondary N) is 1. The van der Waals surface area contributed by atoms with E-state index in [2.05, 4.69) is 24.6 Å². The van der Waals surface area contributed by atoms with Gasteiger partial charge in [0.05, 0.1) is 0 Å². The molecular weight excluding hydrogens is 218 g/mol. The Kier molecular flexibility index (Phi) is 15.4. The molecule has 1 heteroatoms. The molecule has 0 aliphatic carbocycles. The average molecular weight is 249 g/mol. The normalized spacial score (nSPS) is 10.9. The van der Waals surface area contributed by atoms with Gasteiger partial charge >= 0.3 is 0 Å². The second kappa shape index (κ2) is 16.2. The summed E-state index contributed by atoms with van der Waals surface area (Å²) in [6, 6.07) is 0. The molecule has 0 saturated heterocycles. The van der Waals surface area contributed by atoms with Crippen LogP contribution in [0.4, 0.5) is 0 Å². The maximum absolute atomic E-state index is 3.74. The lowest BCUT2D eigenvalue weighted by atomic mass is 10.1. The van der Waals surface area contributed by atoms with Gasteiger partial charge in [0.2, 0.25) is 0 Å². The molecule has 0 rings (SSSR count). The van der Waals surface area contributed by atoms with Gasteiger partial charge in [0.25, 0.3) is 0 Å². The predicted molar refractivity (Wildman–Crippen MR) is 84.0 cm³/mol. The predicted octanol–water partition coefficient (Wildman–Crippen LogP) is 5.02. The van der Waals surface area contributed by atoms with Crippen LogP contribution in [0, 0.1) is 0 Å². The number of allylic oxidation sites excluding steroid dienone is 3. The standard InChI is InChI=1S/C17H31N/c1-3-5-7-8-9-10-11-12-13-15-17-18-16-14-6-4-2/h3-4,6,14,18H,1-2,5,7-13,15-17H2/b14-6-. The molecule has 18 heavy (non-hydrogen) atoms. The summed E-state index contributed by atoms with van der Waals surface area (Å²) in [5, 5.41) is 3.40. The van der Waals surface area contributed by atoms with Crippen molar-refractivity contribution < 1.29 is 0 Å². The van der Waals surface area contributed by atoms with Crippen LogP contribution in [0.2, 0.25) is 0 Å². The van der Waals surface area contributed by atoms with Crippen LogP contribution in [0.25, 0.3) is 0 Å². The molecule has 0 amide bonds. The van der Waals surface area contributed by atoms with Gasteiger partial charge in [0, 0.05) is 6.54 Å². The van der Waals surface area contributed by atoms with E-state index in [0.717, 1.165) is 13.1 Å². The first-order chi connectivity index (χ1) is 8.91. The second-order valence-electron chi connectivity index (χ2n) is 4.77. The highest BCUT2D eigenvalue weighted by atomic mass is 14.8. The minimum absolute atomic E-state index is 0.968. The van der Waals surface area contributed by atoms with Crippen molar-refractivity contribution in [2.24, 2.45) is 0 Å². The quantitative estimate of drug-likeness (QED) is 0.259. The lowest BCUT2D eigenvalue weighted by molar-refractivity contribution is 0.558. The van der Waals surface area contributed by atoms with Crippen LogP contribution in [0.3, 0.4) is 0 Å². The van der Waals surface area contributed by atoms with Crippen molar-refractivity contribution in [3.8, 4) is 0 Å². The summed E-state index contributed by atoms with van der Waals surface area (Å²) in [4.78, 5) is 0. The van der Waals surface area contributed by atoms with Crippen LogP contribution in [-0.2, 0) is 0 Å². The Morgan fingerprint density at radius 2 is 1.39 bits per heavy atom. The lowest BCUT2D eigenvalue weighted by Gasteiger charge is -2.02. The van der Waals surface area contributed by atoms with E-state index in [-0.39, 0.29) is 0 Å². The molecule has 0 aromatic heterocycles. The summed E-state index contributed by atoms with van der Waals surface area (Å²) < 4.78 is 0. The molecule has 1 N–H and O–H groups in total. The molecule has 104 valence electrons. The molecule has 0 atom stereocenters. The van der Waals surface area contributed by atoms with E-state index >= 15 is 0 Å². The highest BCUT2D eigenvalue weighted by Crippen LogP contribution is 2.09. The SMILES string of the molecule is C=C/C=C\CNCCCCCCCCCCC=C. The van der Waals surface area contributed by atoms with Crippen LogP contribution in [0.1, 0.15) is 57.8 Å². The van der Waals surface area contributed by atoms with Gasteiger partial charge < -0.3 is 5.32 Å². The monoisotopic (exact) mass is 249 g/mol. The van der Waals surface area contributed by atoms with E-state index < -0.39 is 0 Å². The Balaban J connectivity index is 2.96. The summed E-state index contributed by atoms with van der Waals surface area (Å²) in [6.45, 7) is 9.49. The van der Waals surface area contributed by atoms with Gasteiger partial charge in [-0.15, -0.1) is 6.58 Å². The van der Waals surface area contributed by atoms with Crippen molar-refractivity contribution in [1.82, 2.24) is 5.32 Å². The molecule has 1 nitrogen and oxygen atoms in total. The van der Waals surface area contributed by atoms with Crippen molar-refractivity contribution >= 4 is 0 Å². The number of hydrogen-bond acceptors (Lipinski definition) is 1. The van der Waals surface area contributed by atoms with E-state index in [1.165, 1.54) is 57.8 Å². The van der Waals surface area contributed by atoms with Gasteiger partial charge in [-0.2, -0.15) is 0 Å². The van der Waals surface area contributed by atoms with Gasteiger partial charge in [0.15, 0.2) is 0 Å². The first-order valence-corrected chi connectivity index (χ1v) is 7.51. The van der Waals surface area contributed by atoms with E-state index in [4.69, 9.17) is 0 Å². The highest BCUT2D eigenvalue weighted by Gasteiger charge is 1.91. The number of hydrogen-bond donors (Lipinski definition) is 1. The molecule has 0 unspecified atom stereocenters. The largest absolute Gasteiger partial charge is 0.313 e. The Morgan fingerprint density at radius 3 is 2.00 bits per heavy atom. The molecular formula is C17H31N. The molecule has 0 aliphatic heterocycles. The minimum Gasteiger partial charge on any atom is -0.313 e. The van der Waals surface area contributed by atoms with E-state index in [9.17, 15) is 0 Å². The molecule has 0 bridgehead atoms. The van der Waals surface area contributed by atoms with E-state index in [0.29, 0.717) is 0 Å². The van der Waals surface area contributed by atoms with Crippen molar-refractivity contribution in [2.75, 3.05) is 13.1 Å². The molecule has 0 heterocycles. The third kappa shape index (κ3) is 15.2. The Labute approximate surface area is 114 Å². The van der Waals surface area contributed by atoms with Gasteiger partial charge in [0.1, 0.15) is 0 Å². The number of unbranched alkanes of at least 4 members (excludes halogenated alkanes) is 8. The van der Waals surface area contributed by atoms with Crippen molar-refractivity contribution in [3.05, 3.63) is 37.5 Å². The summed E-state index contributed by atoms with van der Waals surface area (Å²) in [6.07, 6.45) is 20.1. The molecule has 0 fully saturated rings. The second-order valence-corrected chi connectivity index (χ2v) is 4.77. The molecule has 0 radical (unpaired) electrons. The molecule has 0 saturated carbocycles. The summed E-state index contributed by atoms with van der Waals surface area (Å²) in [5.74, 6) is 0. The fourth-order valence-corrected chi connectivity index (χ4v) is 1.95. The molecule has 0 aromatic rings. The average Bonchev–Trinajstić information content (AvgIpc) is 2.39. The molecule has 0 aliphatic rings. The van der Waals surface area contributed by atoms with Crippen LogP contribution >= 0.6 is 0 Å². The fourth-order valence-electron chi connectivity index (χ4n) is 1.95. The zero-order chi connectivity index (χ0) is 13.3. The van der Waals surface area contributed by atoms with E-state index in [1.807, 2.05) is 18.2 Å². The first kappa shape index (κ1) is 17.2. The topological polar surface area (TPSA) is 12.0 Å². The number of rotatable bonds is 14. The van der Waals surface area contributed by atoms with Crippen molar-refractivity contribution in [1.29, 1.82) is 0 Å². The highest BCUT2D eigenvalue weighted by molar-refractivity contribution is 4.97. The van der Waals surface area contributed by atoms with Crippen molar-refractivity contribution in [3.63, 3.8) is 0 Å². The van der Waals surface area contributed by atoms with Crippen LogP contribution in [0.15, 0.2) is 37.5 Å². The van der Waals surface area contributed by atoms with Crippen LogP contribution in [-0.4, -0.2) is 13.1 Å². The Hall–Kier alpha value is -0.820. The van der Waals surface area contributed by atoms with Gasteiger partial charge in [-0.05, 0) is 25.8 Å². The third-order valence-corrected chi connectivity index (χ3v) is 3.05. The Morgan fingerprint density at radius 1 is 0.778 bits per heavy atom. The zero-order valence-corrected chi connectivity index (χ0v) is 12.0. The molecule has 0 spiro atoms. The third-order valence-electron chi connectivity index (χ3n) is 3.05. The van der Waals surface area contributed by atoms with Crippen LogP contribution < -0.4 is 5.32 Å². The molecule has 0 aromatic carbocycles. The fraction of sp³-hybridized carbons (Fsp3) is 0.647. The van der Waals surface area contributed by atoms with Gasteiger partial charge in [-0.3, -0.25) is 0 Å². The summed E-state index contributed by atoms with van der Waals surface area (Å²) in [5.41, 5.74) is 0. The lowest BCUT2D eigenvalue weighted by Crippen LogP contribution is -2.14.